The fourth-order valence-electron chi connectivity index (χ4n) is 6.46. The summed E-state index contributed by atoms with van der Waals surface area (Å²) in [5, 5.41) is 28.0. The molecule has 2 heterocycles. The maximum absolute atomic E-state index is 14.0. The first-order chi connectivity index (χ1) is 27.6. The summed E-state index contributed by atoms with van der Waals surface area (Å²) < 4.78 is 19.3. The second kappa shape index (κ2) is 21.6. The highest BCUT2D eigenvalue weighted by atomic mass is 19.1. The number of amides is 6. The minimum absolute atomic E-state index is 0.00155. The highest BCUT2D eigenvalue weighted by Gasteiger charge is 2.36. The number of benzene rings is 3. The van der Waals surface area contributed by atoms with E-state index in [1.807, 2.05) is 0 Å². The van der Waals surface area contributed by atoms with Crippen LogP contribution in [0.4, 0.5) is 4.39 Å². The minimum atomic E-state index is -1.89. The van der Waals surface area contributed by atoms with Crippen molar-refractivity contribution in [2.24, 2.45) is 11.8 Å². The Hall–Kier alpha value is -5.83. The number of fused-ring (bicyclic) bond motifs is 12. The molecule has 0 unspecified atom stereocenters. The van der Waals surface area contributed by atoms with Crippen molar-refractivity contribution in [3.63, 3.8) is 0 Å². The SMILES string of the molecule is CC(=O)N[C@H](Cc1ccc(F)cc1)C(=O)N[C@H](C(=O)N[C@@H](Cc1ccccc1)[C@@H](O)C(=O)N[C@H]1Cc2ccc(cc2)OCCCNC(=O)[C@H](C(C)C)NC1=O)C(C)C. The molecule has 14 nitrogen and oxygen atoms in total. The van der Waals surface area contributed by atoms with Crippen LogP contribution in [0, 0.1) is 17.7 Å². The maximum atomic E-state index is 14.0. The van der Waals surface area contributed by atoms with Crippen LogP contribution in [0.3, 0.4) is 0 Å². The van der Waals surface area contributed by atoms with Gasteiger partial charge in [-0.25, -0.2) is 4.39 Å². The number of hydrogen-bond acceptors (Lipinski definition) is 8. The van der Waals surface area contributed by atoms with Crippen LogP contribution in [0.2, 0.25) is 0 Å². The number of carbonyl (C=O) groups is 6. The van der Waals surface area contributed by atoms with Crippen molar-refractivity contribution >= 4 is 35.4 Å². The lowest BCUT2D eigenvalue weighted by Gasteiger charge is -2.30. The van der Waals surface area contributed by atoms with Crippen LogP contribution in [0.1, 0.15) is 57.7 Å². The van der Waals surface area contributed by atoms with Crippen LogP contribution >= 0.6 is 0 Å². The minimum Gasteiger partial charge on any atom is -0.494 e. The average molecular weight is 803 g/mol. The zero-order valence-corrected chi connectivity index (χ0v) is 33.5. The molecular weight excluding hydrogens is 748 g/mol. The van der Waals surface area contributed by atoms with E-state index >= 15 is 0 Å². The van der Waals surface area contributed by atoms with Crippen molar-refractivity contribution in [3.8, 4) is 5.75 Å². The maximum Gasteiger partial charge on any atom is 0.251 e. The van der Waals surface area contributed by atoms with Crippen molar-refractivity contribution in [1.29, 1.82) is 0 Å². The van der Waals surface area contributed by atoms with Crippen LogP contribution in [0.25, 0.3) is 0 Å². The molecule has 0 aromatic heterocycles. The lowest BCUT2D eigenvalue weighted by atomic mass is 9.97. The third-order valence-corrected chi connectivity index (χ3v) is 9.70. The summed E-state index contributed by atoms with van der Waals surface area (Å²) >= 11 is 0. The van der Waals surface area contributed by atoms with E-state index in [2.05, 4.69) is 31.9 Å². The lowest BCUT2D eigenvalue weighted by molar-refractivity contribution is -0.137. The molecule has 3 aromatic rings. The Balaban J connectivity index is 1.58. The Labute approximate surface area is 338 Å². The van der Waals surface area contributed by atoms with Gasteiger partial charge in [-0.2, -0.15) is 0 Å². The molecule has 2 aliphatic rings. The highest BCUT2D eigenvalue weighted by Crippen LogP contribution is 2.16. The molecule has 0 aliphatic carbocycles. The van der Waals surface area contributed by atoms with Crippen molar-refractivity contribution in [2.75, 3.05) is 13.2 Å². The molecule has 312 valence electrons. The fraction of sp³-hybridized carbons (Fsp3) is 0.442. The molecule has 7 N–H and O–H groups in total. The normalized spacial score (nSPS) is 18.2. The van der Waals surface area contributed by atoms with Gasteiger partial charge >= 0.3 is 0 Å². The topological polar surface area (TPSA) is 204 Å². The zero-order chi connectivity index (χ0) is 42.4. The van der Waals surface area contributed by atoms with Gasteiger partial charge in [-0.05, 0) is 65.6 Å². The summed E-state index contributed by atoms with van der Waals surface area (Å²) in [6.45, 7) is 8.91. The molecule has 3 aromatic carbocycles. The third kappa shape index (κ3) is 13.7. The van der Waals surface area contributed by atoms with Crippen molar-refractivity contribution < 1.29 is 43.0 Å². The molecule has 6 amide bonds. The second-order valence-electron chi connectivity index (χ2n) is 15.2. The Morgan fingerprint density at radius 1 is 0.810 bits per heavy atom. The second-order valence-corrected chi connectivity index (χ2v) is 15.2. The van der Waals surface area contributed by atoms with Crippen LogP contribution in [-0.2, 0) is 48.0 Å². The molecule has 0 spiro atoms. The number of nitrogens with one attached hydrogen (secondary N) is 6. The first kappa shape index (κ1) is 44.9. The predicted molar refractivity (Wildman–Crippen MR) is 215 cm³/mol. The van der Waals surface area contributed by atoms with E-state index in [0.29, 0.717) is 42.0 Å². The van der Waals surface area contributed by atoms with Gasteiger partial charge in [-0.3, -0.25) is 28.8 Å². The Kier molecular flexibility index (Phi) is 16.7. The average Bonchev–Trinajstić information content (AvgIpc) is 3.19. The monoisotopic (exact) mass is 802 g/mol. The van der Waals surface area contributed by atoms with Gasteiger partial charge in [0, 0.05) is 26.3 Å². The van der Waals surface area contributed by atoms with Crippen LogP contribution in [0.15, 0.2) is 78.9 Å². The zero-order valence-electron chi connectivity index (χ0n) is 33.5. The van der Waals surface area contributed by atoms with Crippen molar-refractivity contribution in [1.82, 2.24) is 31.9 Å². The van der Waals surface area contributed by atoms with E-state index in [-0.39, 0.29) is 31.1 Å². The van der Waals surface area contributed by atoms with Gasteiger partial charge in [0.1, 0.15) is 35.7 Å². The van der Waals surface area contributed by atoms with Gasteiger partial charge in [0.2, 0.25) is 29.5 Å². The van der Waals surface area contributed by atoms with Crippen molar-refractivity contribution in [3.05, 3.63) is 101 Å². The highest BCUT2D eigenvalue weighted by molar-refractivity contribution is 5.94. The lowest BCUT2D eigenvalue weighted by Crippen LogP contribution is -2.61. The first-order valence-electron chi connectivity index (χ1n) is 19.6. The first-order valence-corrected chi connectivity index (χ1v) is 19.6. The molecule has 6 atom stereocenters. The van der Waals surface area contributed by atoms with E-state index < -0.39 is 77.6 Å². The molecule has 5 rings (SSSR count). The van der Waals surface area contributed by atoms with Crippen molar-refractivity contribution in [2.45, 2.75) is 96.6 Å². The van der Waals surface area contributed by atoms with Gasteiger partial charge in [-0.1, -0.05) is 82.3 Å². The molecule has 0 fully saturated rings. The van der Waals surface area contributed by atoms with E-state index in [1.54, 1.807) is 82.3 Å². The molecular formula is C43H55FN6O8. The summed E-state index contributed by atoms with van der Waals surface area (Å²) in [5.41, 5.74) is 1.92. The predicted octanol–water partition coefficient (Wildman–Crippen LogP) is 1.87. The molecule has 58 heavy (non-hydrogen) atoms. The van der Waals surface area contributed by atoms with Gasteiger partial charge in [-0.15, -0.1) is 0 Å². The van der Waals surface area contributed by atoms with E-state index in [0.717, 1.165) is 0 Å². The standard InChI is InChI=1S/C43H55FN6O8/c1-25(2)36-41(55)45-20-9-21-58-32-18-14-30(15-19-32)24-35(40(54)49-36)48-43(57)38(52)33(22-28-10-7-6-8-11-28)47-42(56)37(26(3)4)50-39(53)34(46-27(5)51)23-29-12-16-31(44)17-13-29/h6-8,10-19,25-26,33-38,52H,9,20-24H2,1-5H3,(H,45,55)(H,46,51)(H,47,56)(H,48,57)(H,49,54)(H,50,53)/t33-,34+,35-,36-,37-,38+/m0/s1. The number of carbonyl (C=O) groups excluding carboxylic acids is 6. The largest absolute Gasteiger partial charge is 0.494 e. The van der Waals surface area contributed by atoms with E-state index in [1.165, 1.54) is 31.2 Å². The van der Waals surface area contributed by atoms with Crippen LogP contribution in [-0.4, -0.2) is 90.0 Å². The number of rotatable bonds is 14. The molecule has 0 saturated carbocycles. The number of hydrogen-bond donors (Lipinski definition) is 7. The Morgan fingerprint density at radius 2 is 1.47 bits per heavy atom. The number of halogens is 1. The van der Waals surface area contributed by atoms with Crippen LogP contribution < -0.4 is 36.6 Å². The smallest absolute Gasteiger partial charge is 0.251 e. The quantitative estimate of drug-likeness (QED) is 0.128. The summed E-state index contributed by atoms with van der Waals surface area (Å²) in [7, 11) is 0. The van der Waals surface area contributed by atoms with E-state index in [9.17, 15) is 38.3 Å². The van der Waals surface area contributed by atoms with E-state index in [4.69, 9.17) is 4.74 Å². The van der Waals surface area contributed by atoms with Gasteiger partial charge < -0.3 is 41.7 Å². The van der Waals surface area contributed by atoms with Gasteiger partial charge in [0.05, 0.1) is 12.6 Å². The Bertz CT molecular complexity index is 1860. The molecule has 0 saturated heterocycles. The number of aliphatic hydroxyl groups excluding tert-OH is 1. The molecule has 15 heteroatoms. The summed E-state index contributed by atoms with van der Waals surface area (Å²) in [6.07, 6.45) is -1.33. The number of ether oxygens (including phenoxy) is 1. The summed E-state index contributed by atoms with van der Waals surface area (Å²) in [6, 6.07) is 15.6. The van der Waals surface area contributed by atoms with Gasteiger partial charge in [0.15, 0.2) is 6.10 Å². The molecule has 2 bridgehead atoms. The summed E-state index contributed by atoms with van der Waals surface area (Å²) in [5.74, 6) is -4.52. The third-order valence-electron chi connectivity index (χ3n) is 9.70. The molecule has 2 aliphatic heterocycles. The fourth-order valence-corrected chi connectivity index (χ4v) is 6.46. The Morgan fingerprint density at radius 3 is 2.09 bits per heavy atom. The van der Waals surface area contributed by atoms with Gasteiger partial charge in [0.25, 0.3) is 5.91 Å². The molecule has 0 radical (unpaired) electrons. The number of aliphatic hydroxyl groups is 1. The summed E-state index contributed by atoms with van der Waals surface area (Å²) in [4.78, 5) is 80.6. The van der Waals surface area contributed by atoms with Crippen LogP contribution in [0.5, 0.6) is 5.75 Å².